The highest BCUT2D eigenvalue weighted by Crippen LogP contribution is 2.38. The SMILES string of the molecule is CCNC(c1cc(Cl)c(Br)s1)c1ccc(Cl)cc1C. The van der Waals surface area contributed by atoms with Gasteiger partial charge in [-0.1, -0.05) is 36.2 Å². The summed E-state index contributed by atoms with van der Waals surface area (Å²) in [7, 11) is 0. The Hall–Kier alpha value is -0.0600. The lowest BCUT2D eigenvalue weighted by Crippen LogP contribution is -2.21. The summed E-state index contributed by atoms with van der Waals surface area (Å²) in [6.07, 6.45) is 0. The number of nitrogens with one attached hydrogen (secondary N) is 1. The molecule has 2 aromatic rings. The Balaban J connectivity index is 2.44. The minimum absolute atomic E-state index is 0.149. The van der Waals surface area contributed by atoms with Crippen molar-refractivity contribution in [2.75, 3.05) is 6.54 Å². The van der Waals surface area contributed by atoms with Crippen LogP contribution in [-0.2, 0) is 0 Å². The Kier molecular flexibility index (Phi) is 5.32. The van der Waals surface area contributed by atoms with Crippen LogP contribution in [0.4, 0.5) is 0 Å². The second-order valence-electron chi connectivity index (χ2n) is 4.26. The molecule has 0 saturated heterocycles. The third-order valence-corrected chi connectivity index (χ3v) is 5.67. The predicted molar refractivity (Wildman–Crippen MR) is 88.7 cm³/mol. The number of benzene rings is 1. The Bertz CT molecular complexity index is 563. The van der Waals surface area contributed by atoms with Crippen LogP contribution in [-0.4, -0.2) is 6.54 Å². The molecule has 1 atom stereocenters. The molecule has 1 aromatic heterocycles. The number of thiophene rings is 1. The zero-order chi connectivity index (χ0) is 14.0. The molecule has 0 spiro atoms. The maximum absolute atomic E-state index is 6.14. The van der Waals surface area contributed by atoms with Gasteiger partial charge in [-0.25, -0.2) is 0 Å². The largest absolute Gasteiger partial charge is 0.306 e. The average molecular weight is 379 g/mol. The molecule has 1 unspecified atom stereocenters. The van der Waals surface area contributed by atoms with Crippen LogP contribution in [0.1, 0.15) is 29.0 Å². The molecule has 2 rings (SSSR count). The van der Waals surface area contributed by atoms with E-state index >= 15 is 0 Å². The monoisotopic (exact) mass is 377 g/mol. The molecule has 0 amide bonds. The highest BCUT2D eigenvalue weighted by molar-refractivity contribution is 9.11. The molecule has 102 valence electrons. The Morgan fingerprint density at radius 1 is 1.32 bits per heavy atom. The lowest BCUT2D eigenvalue weighted by molar-refractivity contribution is 0.637. The van der Waals surface area contributed by atoms with E-state index in [0.717, 1.165) is 20.4 Å². The molecule has 1 heterocycles. The second kappa shape index (κ2) is 6.59. The molecule has 0 radical (unpaired) electrons. The van der Waals surface area contributed by atoms with Gasteiger partial charge in [0, 0.05) is 9.90 Å². The van der Waals surface area contributed by atoms with Gasteiger partial charge in [-0.2, -0.15) is 0 Å². The Morgan fingerprint density at radius 2 is 2.05 bits per heavy atom. The first-order chi connectivity index (χ1) is 9.02. The first-order valence-corrected chi connectivity index (χ1v) is 8.33. The van der Waals surface area contributed by atoms with Gasteiger partial charge >= 0.3 is 0 Å². The normalized spacial score (nSPS) is 12.7. The van der Waals surface area contributed by atoms with Gasteiger partial charge in [0.1, 0.15) is 0 Å². The zero-order valence-electron chi connectivity index (χ0n) is 10.6. The van der Waals surface area contributed by atoms with E-state index in [1.54, 1.807) is 11.3 Å². The summed E-state index contributed by atoms with van der Waals surface area (Å²) < 4.78 is 0.971. The molecule has 0 fully saturated rings. The Morgan fingerprint density at radius 3 is 2.58 bits per heavy atom. The van der Waals surface area contributed by atoms with Crippen molar-refractivity contribution in [3.63, 3.8) is 0 Å². The first kappa shape index (κ1) is 15.3. The van der Waals surface area contributed by atoms with E-state index in [-0.39, 0.29) is 6.04 Å². The number of halogens is 3. The third-order valence-electron chi connectivity index (χ3n) is 2.90. The van der Waals surface area contributed by atoms with Crippen LogP contribution in [0.15, 0.2) is 28.1 Å². The molecule has 19 heavy (non-hydrogen) atoms. The fourth-order valence-electron chi connectivity index (χ4n) is 2.04. The molecule has 0 bridgehead atoms. The van der Waals surface area contributed by atoms with Crippen LogP contribution < -0.4 is 5.32 Å². The van der Waals surface area contributed by atoms with Crippen molar-refractivity contribution < 1.29 is 0 Å². The van der Waals surface area contributed by atoms with Gasteiger partial charge in [0.15, 0.2) is 0 Å². The van der Waals surface area contributed by atoms with Gasteiger partial charge in [0.25, 0.3) is 0 Å². The molecule has 1 N–H and O–H groups in total. The van der Waals surface area contributed by atoms with E-state index in [1.807, 2.05) is 18.2 Å². The third kappa shape index (κ3) is 3.53. The van der Waals surface area contributed by atoms with E-state index in [0.29, 0.717) is 0 Å². The minimum Gasteiger partial charge on any atom is -0.306 e. The summed E-state index contributed by atoms with van der Waals surface area (Å²) in [5, 5.41) is 5.03. The highest BCUT2D eigenvalue weighted by Gasteiger charge is 2.18. The van der Waals surface area contributed by atoms with Crippen molar-refractivity contribution in [3.8, 4) is 0 Å². The van der Waals surface area contributed by atoms with E-state index in [4.69, 9.17) is 23.2 Å². The van der Waals surface area contributed by atoms with Gasteiger partial charge in [-0.15, -0.1) is 11.3 Å². The van der Waals surface area contributed by atoms with Gasteiger partial charge in [0.05, 0.1) is 14.9 Å². The van der Waals surface area contributed by atoms with Gasteiger partial charge in [0.2, 0.25) is 0 Å². The summed E-state index contributed by atoms with van der Waals surface area (Å²) in [4.78, 5) is 1.20. The summed E-state index contributed by atoms with van der Waals surface area (Å²) in [6.45, 7) is 5.07. The second-order valence-corrected chi connectivity index (χ2v) is 7.51. The van der Waals surface area contributed by atoms with E-state index in [9.17, 15) is 0 Å². The van der Waals surface area contributed by atoms with Crippen LogP contribution in [0.5, 0.6) is 0 Å². The maximum Gasteiger partial charge on any atom is 0.0888 e. The van der Waals surface area contributed by atoms with E-state index in [1.165, 1.54) is 16.0 Å². The molecular weight excluding hydrogens is 365 g/mol. The molecule has 0 aliphatic carbocycles. The number of aryl methyl sites for hydroxylation is 1. The van der Waals surface area contributed by atoms with Crippen LogP contribution in [0.3, 0.4) is 0 Å². The first-order valence-electron chi connectivity index (χ1n) is 5.97. The van der Waals surface area contributed by atoms with Gasteiger partial charge < -0.3 is 5.32 Å². The fourth-order valence-corrected chi connectivity index (χ4v) is 4.10. The quantitative estimate of drug-likeness (QED) is 0.706. The fraction of sp³-hybridized carbons (Fsp3) is 0.286. The van der Waals surface area contributed by atoms with Crippen LogP contribution in [0.2, 0.25) is 10.0 Å². The molecule has 5 heteroatoms. The molecule has 1 nitrogen and oxygen atoms in total. The molecular formula is C14H14BrCl2NS. The van der Waals surface area contributed by atoms with Gasteiger partial charge in [-0.05, 0) is 58.7 Å². The highest BCUT2D eigenvalue weighted by atomic mass is 79.9. The van der Waals surface area contributed by atoms with Gasteiger partial charge in [-0.3, -0.25) is 0 Å². The molecule has 0 aliphatic rings. The van der Waals surface area contributed by atoms with Crippen molar-refractivity contribution in [2.45, 2.75) is 19.9 Å². The number of hydrogen-bond donors (Lipinski definition) is 1. The summed E-state index contributed by atoms with van der Waals surface area (Å²) >= 11 is 17.3. The maximum atomic E-state index is 6.14. The van der Waals surface area contributed by atoms with Crippen molar-refractivity contribution in [2.24, 2.45) is 0 Å². The van der Waals surface area contributed by atoms with Crippen molar-refractivity contribution in [1.82, 2.24) is 5.32 Å². The summed E-state index contributed by atoms with van der Waals surface area (Å²) in [5.74, 6) is 0. The van der Waals surface area contributed by atoms with Crippen molar-refractivity contribution in [1.29, 1.82) is 0 Å². The van der Waals surface area contributed by atoms with Crippen LogP contribution in [0, 0.1) is 6.92 Å². The zero-order valence-corrected chi connectivity index (χ0v) is 14.6. The Labute approximate surface area is 136 Å². The van der Waals surface area contributed by atoms with E-state index < -0.39 is 0 Å². The standard InChI is InChI=1S/C14H14BrCl2NS/c1-3-18-13(12-7-11(17)14(15)19-12)10-5-4-9(16)6-8(10)2/h4-7,13,18H,3H2,1-2H3. The predicted octanol–water partition coefficient (Wildman–Crippen LogP) is 5.82. The number of hydrogen-bond acceptors (Lipinski definition) is 2. The molecule has 0 saturated carbocycles. The lowest BCUT2D eigenvalue weighted by Gasteiger charge is -2.19. The van der Waals surface area contributed by atoms with Crippen molar-refractivity contribution >= 4 is 50.5 Å². The minimum atomic E-state index is 0.149. The summed E-state index contributed by atoms with van der Waals surface area (Å²) in [5.41, 5.74) is 2.41. The van der Waals surface area contributed by atoms with Crippen LogP contribution in [0.25, 0.3) is 0 Å². The van der Waals surface area contributed by atoms with Crippen LogP contribution >= 0.6 is 50.5 Å². The summed E-state index contributed by atoms with van der Waals surface area (Å²) in [6, 6.07) is 8.16. The molecule has 1 aromatic carbocycles. The smallest absolute Gasteiger partial charge is 0.0888 e. The van der Waals surface area contributed by atoms with Crippen molar-refractivity contribution in [3.05, 3.63) is 54.1 Å². The average Bonchev–Trinajstić information content (AvgIpc) is 2.67. The van der Waals surface area contributed by atoms with E-state index in [2.05, 4.69) is 41.2 Å². The topological polar surface area (TPSA) is 12.0 Å². The lowest BCUT2D eigenvalue weighted by atomic mass is 10.00. The molecule has 0 aliphatic heterocycles. The number of rotatable bonds is 4.